The molecule has 3 rings (SSSR count). The zero-order valence-corrected chi connectivity index (χ0v) is 13.1. The minimum Gasteiger partial charge on any atom is -0.300 e. The number of benzene rings is 1. The molecule has 1 saturated heterocycles. The number of piperidine rings is 1. The SMILES string of the molecule is O=S(=O)(NC1CCN(C2CC2)CC1)c1ccc(F)c(Cl)c1. The van der Waals surface area contributed by atoms with Crippen molar-refractivity contribution in [3.8, 4) is 0 Å². The van der Waals surface area contributed by atoms with E-state index in [2.05, 4.69) is 9.62 Å². The summed E-state index contributed by atoms with van der Waals surface area (Å²) in [6.45, 7) is 1.87. The van der Waals surface area contributed by atoms with Gasteiger partial charge in [-0.1, -0.05) is 11.6 Å². The van der Waals surface area contributed by atoms with E-state index in [0.29, 0.717) is 0 Å². The third kappa shape index (κ3) is 3.56. The molecule has 21 heavy (non-hydrogen) atoms. The summed E-state index contributed by atoms with van der Waals surface area (Å²) in [6, 6.07) is 4.13. The maximum absolute atomic E-state index is 13.1. The van der Waals surface area contributed by atoms with Gasteiger partial charge in [0.1, 0.15) is 5.82 Å². The molecule has 116 valence electrons. The van der Waals surface area contributed by atoms with Gasteiger partial charge in [-0.3, -0.25) is 0 Å². The summed E-state index contributed by atoms with van der Waals surface area (Å²) < 4.78 is 40.4. The van der Waals surface area contributed by atoms with Crippen LogP contribution in [0.5, 0.6) is 0 Å². The predicted octanol–water partition coefficient (Wildman–Crippen LogP) is 2.38. The molecule has 1 aromatic carbocycles. The predicted molar refractivity (Wildman–Crippen MR) is 79.3 cm³/mol. The van der Waals surface area contributed by atoms with Gasteiger partial charge in [0.25, 0.3) is 0 Å². The Hall–Kier alpha value is -0.690. The van der Waals surface area contributed by atoms with Gasteiger partial charge in [0.15, 0.2) is 0 Å². The van der Waals surface area contributed by atoms with Crippen molar-refractivity contribution in [2.24, 2.45) is 0 Å². The lowest BCUT2D eigenvalue weighted by Gasteiger charge is -2.32. The first kappa shape index (κ1) is 15.2. The second kappa shape index (κ2) is 5.83. The first-order chi connectivity index (χ1) is 9.95. The number of halogens is 2. The smallest absolute Gasteiger partial charge is 0.240 e. The fourth-order valence-corrected chi connectivity index (χ4v) is 4.33. The molecule has 4 nitrogen and oxygen atoms in total. The summed E-state index contributed by atoms with van der Waals surface area (Å²) in [5, 5.41) is -0.179. The molecule has 1 aromatic rings. The molecule has 0 spiro atoms. The maximum Gasteiger partial charge on any atom is 0.240 e. The Morgan fingerprint density at radius 2 is 1.86 bits per heavy atom. The lowest BCUT2D eigenvalue weighted by molar-refractivity contribution is 0.199. The highest BCUT2D eigenvalue weighted by Crippen LogP contribution is 2.29. The zero-order valence-electron chi connectivity index (χ0n) is 11.6. The van der Waals surface area contributed by atoms with Crippen molar-refractivity contribution < 1.29 is 12.8 Å². The van der Waals surface area contributed by atoms with Crippen LogP contribution in [0.15, 0.2) is 23.1 Å². The van der Waals surface area contributed by atoms with Crippen molar-refractivity contribution in [3.05, 3.63) is 29.0 Å². The first-order valence-electron chi connectivity index (χ1n) is 7.17. The quantitative estimate of drug-likeness (QED) is 0.921. The van der Waals surface area contributed by atoms with Crippen molar-refractivity contribution in [2.45, 2.75) is 42.7 Å². The number of hydrogen-bond donors (Lipinski definition) is 1. The van der Waals surface area contributed by atoms with Crippen molar-refractivity contribution >= 4 is 21.6 Å². The van der Waals surface area contributed by atoms with Gasteiger partial charge >= 0.3 is 0 Å². The van der Waals surface area contributed by atoms with Crippen molar-refractivity contribution in [2.75, 3.05) is 13.1 Å². The summed E-state index contributed by atoms with van der Waals surface area (Å²) in [4.78, 5) is 2.44. The number of likely N-dealkylation sites (tertiary alicyclic amines) is 1. The van der Waals surface area contributed by atoms with Crippen LogP contribution in [0.1, 0.15) is 25.7 Å². The summed E-state index contributed by atoms with van der Waals surface area (Å²) >= 11 is 5.65. The van der Waals surface area contributed by atoms with Crippen molar-refractivity contribution in [3.63, 3.8) is 0 Å². The van der Waals surface area contributed by atoms with Gasteiger partial charge in [-0.2, -0.15) is 0 Å². The van der Waals surface area contributed by atoms with Crippen LogP contribution in [0.3, 0.4) is 0 Å². The highest BCUT2D eigenvalue weighted by atomic mass is 35.5. The third-order valence-corrected chi connectivity index (χ3v) is 5.92. The Morgan fingerprint density at radius 3 is 2.43 bits per heavy atom. The van der Waals surface area contributed by atoms with Crippen LogP contribution in [-0.2, 0) is 10.0 Å². The second-order valence-corrected chi connectivity index (χ2v) is 7.86. The van der Waals surface area contributed by atoms with Crippen LogP contribution in [0, 0.1) is 5.82 Å². The molecule has 2 aliphatic rings. The molecule has 2 fully saturated rings. The van der Waals surface area contributed by atoms with E-state index in [-0.39, 0.29) is 16.0 Å². The molecule has 0 radical (unpaired) electrons. The van der Waals surface area contributed by atoms with E-state index < -0.39 is 15.8 Å². The van der Waals surface area contributed by atoms with Gasteiger partial charge in [-0.05, 0) is 57.0 Å². The van der Waals surface area contributed by atoms with Crippen LogP contribution >= 0.6 is 11.6 Å². The molecule has 0 bridgehead atoms. The lowest BCUT2D eigenvalue weighted by Crippen LogP contribution is -2.45. The van der Waals surface area contributed by atoms with Crippen LogP contribution in [0.4, 0.5) is 4.39 Å². The van der Waals surface area contributed by atoms with Crippen LogP contribution < -0.4 is 4.72 Å². The number of nitrogens with one attached hydrogen (secondary N) is 1. The largest absolute Gasteiger partial charge is 0.300 e. The minimum absolute atomic E-state index is 0.0125. The number of sulfonamides is 1. The van der Waals surface area contributed by atoms with E-state index in [0.717, 1.165) is 44.1 Å². The number of nitrogens with zero attached hydrogens (tertiary/aromatic N) is 1. The molecule has 1 aliphatic carbocycles. The number of rotatable bonds is 4. The van der Waals surface area contributed by atoms with Gasteiger partial charge in [0.2, 0.25) is 10.0 Å². The van der Waals surface area contributed by atoms with Crippen LogP contribution in [0.25, 0.3) is 0 Å². The zero-order chi connectivity index (χ0) is 15.0. The van der Waals surface area contributed by atoms with E-state index in [1.807, 2.05) is 0 Å². The highest BCUT2D eigenvalue weighted by Gasteiger charge is 2.33. The Morgan fingerprint density at radius 1 is 1.19 bits per heavy atom. The summed E-state index contributed by atoms with van der Waals surface area (Å²) in [6.07, 6.45) is 4.16. The topological polar surface area (TPSA) is 49.4 Å². The Labute approximate surface area is 129 Å². The fraction of sp³-hybridized carbons (Fsp3) is 0.571. The molecule has 7 heteroatoms. The molecule has 1 heterocycles. The van der Waals surface area contributed by atoms with Gasteiger partial charge in [0, 0.05) is 12.1 Å². The Balaban J connectivity index is 1.64. The molecular weight excluding hydrogens is 315 g/mol. The third-order valence-electron chi connectivity index (χ3n) is 4.12. The Kier molecular flexibility index (Phi) is 4.23. The van der Waals surface area contributed by atoms with Gasteiger partial charge < -0.3 is 4.90 Å². The van der Waals surface area contributed by atoms with E-state index in [4.69, 9.17) is 11.6 Å². The van der Waals surface area contributed by atoms with Gasteiger partial charge in [-0.25, -0.2) is 17.5 Å². The summed E-state index contributed by atoms with van der Waals surface area (Å²) in [5.74, 6) is -0.617. The van der Waals surface area contributed by atoms with Crippen LogP contribution in [-0.4, -0.2) is 38.5 Å². The monoisotopic (exact) mass is 332 g/mol. The van der Waals surface area contributed by atoms with E-state index >= 15 is 0 Å². The van der Waals surface area contributed by atoms with Gasteiger partial charge in [-0.15, -0.1) is 0 Å². The molecule has 0 aromatic heterocycles. The fourth-order valence-electron chi connectivity index (χ4n) is 2.75. The maximum atomic E-state index is 13.1. The average molecular weight is 333 g/mol. The van der Waals surface area contributed by atoms with E-state index in [1.54, 1.807) is 0 Å². The van der Waals surface area contributed by atoms with E-state index in [9.17, 15) is 12.8 Å². The standard InChI is InChI=1S/C14H18ClFN2O2S/c15-13-9-12(3-4-14(13)16)21(19,20)17-10-5-7-18(8-6-10)11-1-2-11/h3-4,9-11,17H,1-2,5-8H2. The average Bonchev–Trinajstić information content (AvgIpc) is 3.27. The van der Waals surface area contributed by atoms with Crippen molar-refractivity contribution in [1.82, 2.24) is 9.62 Å². The van der Waals surface area contributed by atoms with Crippen LogP contribution in [0.2, 0.25) is 5.02 Å². The van der Waals surface area contributed by atoms with Gasteiger partial charge in [0.05, 0.1) is 9.92 Å². The molecule has 1 N–H and O–H groups in total. The van der Waals surface area contributed by atoms with E-state index in [1.165, 1.54) is 18.9 Å². The molecule has 0 amide bonds. The normalized spacial score (nSPS) is 21.6. The second-order valence-electron chi connectivity index (χ2n) is 5.74. The first-order valence-corrected chi connectivity index (χ1v) is 9.03. The Bertz CT molecular complexity index is 626. The minimum atomic E-state index is -3.64. The molecule has 0 atom stereocenters. The molecule has 1 saturated carbocycles. The number of hydrogen-bond acceptors (Lipinski definition) is 3. The lowest BCUT2D eigenvalue weighted by atomic mass is 10.1. The van der Waals surface area contributed by atoms with Crippen molar-refractivity contribution in [1.29, 1.82) is 0 Å². The molecule has 1 aliphatic heterocycles. The summed E-state index contributed by atoms with van der Waals surface area (Å²) in [5.41, 5.74) is 0. The molecule has 0 unspecified atom stereocenters. The summed E-state index contributed by atoms with van der Waals surface area (Å²) in [7, 11) is -3.64. The molecular formula is C14H18ClFN2O2S. The highest BCUT2D eigenvalue weighted by molar-refractivity contribution is 7.89.